The maximum absolute atomic E-state index is 2.33. The summed E-state index contributed by atoms with van der Waals surface area (Å²) in [6, 6.07) is 36.2. The Labute approximate surface area is 318 Å². The van der Waals surface area contributed by atoms with E-state index in [0.29, 0.717) is 0 Å². The van der Waals surface area contributed by atoms with Crippen LogP contribution in [-0.4, -0.2) is 26.3 Å². The molecule has 0 N–H and O–H groups in total. The quantitative estimate of drug-likeness (QED) is 0.0416. The summed E-state index contributed by atoms with van der Waals surface area (Å²) in [7, 11) is 0. The van der Waals surface area contributed by atoms with Crippen LogP contribution in [0.5, 0.6) is 0 Å². The fourth-order valence-electron chi connectivity index (χ4n) is 6.79. The number of hydrogen-bond acceptors (Lipinski definition) is 0. The van der Waals surface area contributed by atoms with Crippen molar-refractivity contribution >= 4 is 26.3 Å². The molecule has 0 atom stereocenters. The molecular weight excluding hydrogens is 734 g/mol. The molecule has 0 spiro atoms. The third kappa shape index (κ3) is 17.4. The third-order valence-electron chi connectivity index (χ3n) is 10.1. The fraction of sp³-hybridized carbons (Fsp3) is 0.500. The SMILES string of the molecule is Cc1ccc(-c2ccc(CCCCCCCCCCC[Se][Se]CCCCCCCCCCCc3ccc(-c4ccc(C)cc4)cc3)cc2)cc1. The molecular formula is C48H66Se2. The summed E-state index contributed by atoms with van der Waals surface area (Å²) in [5.74, 6) is 0. The molecule has 0 aliphatic rings. The molecule has 0 unspecified atom stereocenters. The van der Waals surface area contributed by atoms with Crippen LogP contribution in [0.25, 0.3) is 22.3 Å². The van der Waals surface area contributed by atoms with Gasteiger partial charge in [-0.2, -0.15) is 0 Å². The molecule has 270 valence electrons. The molecule has 4 aromatic carbocycles. The van der Waals surface area contributed by atoms with Gasteiger partial charge in [0.2, 0.25) is 0 Å². The van der Waals surface area contributed by atoms with Crippen molar-refractivity contribution < 1.29 is 0 Å². The zero-order valence-corrected chi connectivity index (χ0v) is 35.0. The van der Waals surface area contributed by atoms with Crippen LogP contribution < -0.4 is 0 Å². The summed E-state index contributed by atoms with van der Waals surface area (Å²) >= 11 is 1.94. The monoisotopic (exact) mass is 802 g/mol. The molecule has 0 saturated carbocycles. The summed E-state index contributed by atoms with van der Waals surface area (Å²) in [6.07, 6.45) is 28.3. The van der Waals surface area contributed by atoms with Crippen LogP contribution in [0.4, 0.5) is 0 Å². The van der Waals surface area contributed by atoms with Crippen molar-refractivity contribution in [3.63, 3.8) is 0 Å². The second-order valence-corrected chi connectivity index (χ2v) is 22.5. The summed E-state index contributed by atoms with van der Waals surface area (Å²) in [6.45, 7) is 4.30. The molecule has 0 nitrogen and oxygen atoms in total. The average Bonchev–Trinajstić information content (AvgIpc) is 3.14. The minimum atomic E-state index is 0.969. The van der Waals surface area contributed by atoms with Crippen LogP contribution in [0, 0.1) is 13.8 Å². The van der Waals surface area contributed by atoms with Gasteiger partial charge in [0.1, 0.15) is 0 Å². The van der Waals surface area contributed by atoms with E-state index in [1.807, 2.05) is 0 Å². The number of hydrogen-bond donors (Lipinski definition) is 0. The fourth-order valence-corrected chi connectivity index (χ4v) is 13.8. The number of aryl methyl sites for hydroxylation is 4. The van der Waals surface area contributed by atoms with Crippen LogP contribution in [0.15, 0.2) is 97.1 Å². The van der Waals surface area contributed by atoms with Crippen molar-refractivity contribution in [2.45, 2.75) is 153 Å². The Balaban J connectivity index is 0.828. The number of rotatable bonds is 27. The van der Waals surface area contributed by atoms with E-state index in [4.69, 9.17) is 0 Å². The topological polar surface area (TPSA) is 0 Å². The Kier molecular flexibility index (Phi) is 21.0. The van der Waals surface area contributed by atoms with Crippen LogP contribution in [0.1, 0.15) is 138 Å². The molecule has 0 aliphatic heterocycles. The Bertz CT molecular complexity index is 1280. The summed E-state index contributed by atoms with van der Waals surface area (Å²) < 4.78 is 0. The molecule has 0 amide bonds. The van der Waals surface area contributed by atoms with Gasteiger partial charge in [-0.15, -0.1) is 0 Å². The summed E-state index contributed by atoms with van der Waals surface area (Å²) in [5.41, 5.74) is 10.9. The molecule has 0 aromatic heterocycles. The first-order chi connectivity index (χ1) is 24.7. The summed E-state index contributed by atoms with van der Waals surface area (Å²) in [5, 5.41) is 3.11. The molecule has 0 radical (unpaired) electrons. The van der Waals surface area contributed by atoms with Gasteiger partial charge in [0.25, 0.3) is 0 Å². The van der Waals surface area contributed by atoms with Crippen LogP contribution in [0.3, 0.4) is 0 Å². The summed E-state index contributed by atoms with van der Waals surface area (Å²) in [4.78, 5) is 0. The van der Waals surface area contributed by atoms with Gasteiger partial charge in [-0.3, -0.25) is 0 Å². The molecule has 2 heteroatoms. The van der Waals surface area contributed by atoms with Gasteiger partial charge in [-0.1, -0.05) is 108 Å². The Hall–Kier alpha value is -2.08. The molecule has 50 heavy (non-hydrogen) atoms. The maximum atomic E-state index is 2.33. The molecule has 0 fully saturated rings. The molecule has 0 bridgehead atoms. The van der Waals surface area contributed by atoms with Gasteiger partial charge in [0.15, 0.2) is 0 Å². The predicted molar refractivity (Wildman–Crippen MR) is 225 cm³/mol. The number of benzene rings is 4. The van der Waals surface area contributed by atoms with E-state index < -0.39 is 0 Å². The Morgan fingerprint density at radius 2 is 0.520 bits per heavy atom. The zero-order valence-electron chi connectivity index (χ0n) is 31.6. The second kappa shape index (κ2) is 25.8. The Morgan fingerprint density at radius 1 is 0.280 bits per heavy atom. The number of unbranched alkanes of at least 4 members (excludes halogenated alkanes) is 16. The third-order valence-corrected chi connectivity index (χ3v) is 17.9. The van der Waals surface area contributed by atoms with Crippen molar-refractivity contribution in [2.24, 2.45) is 0 Å². The molecule has 0 saturated heterocycles. The van der Waals surface area contributed by atoms with Crippen molar-refractivity contribution in [3.05, 3.63) is 119 Å². The van der Waals surface area contributed by atoms with Gasteiger partial charge in [0.05, 0.1) is 0 Å². The second-order valence-electron chi connectivity index (χ2n) is 14.6. The van der Waals surface area contributed by atoms with E-state index in [1.165, 1.54) is 173 Å². The average molecular weight is 801 g/mol. The normalized spacial score (nSPS) is 11.3. The molecule has 0 heterocycles. The first-order valence-electron chi connectivity index (χ1n) is 20.2. The van der Waals surface area contributed by atoms with Gasteiger partial charge in [-0.05, 0) is 36.1 Å². The smallest absolute Gasteiger partial charge is 0.0587 e. The van der Waals surface area contributed by atoms with Crippen molar-refractivity contribution in [2.75, 3.05) is 0 Å². The standard InChI is InChI=1S/C48H66Se2/c1-41-23-31-45(32-24-41)47-35-27-43(28-36-47)21-17-13-9-5-3-7-11-15-19-39-49-50-40-20-16-12-8-4-6-10-14-18-22-44-29-37-48(38-30-44)46-33-25-42(2)26-34-46/h23-38H,3-22,39-40H2,1-2H3. The first kappa shape index (κ1) is 40.7. The molecule has 4 rings (SSSR count). The van der Waals surface area contributed by atoms with E-state index >= 15 is 0 Å². The van der Waals surface area contributed by atoms with E-state index in [-0.39, 0.29) is 0 Å². The molecule has 4 aromatic rings. The molecule has 0 aliphatic carbocycles. The van der Waals surface area contributed by atoms with Crippen molar-refractivity contribution in [1.82, 2.24) is 0 Å². The van der Waals surface area contributed by atoms with E-state index in [2.05, 4.69) is 111 Å². The van der Waals surface area contributed by atoms with Gasteiger partial charge in [0, 0.05) is 0 Å². The van der Waals surface area contributed by atoms with Gasteiger partial charge in [-0.25, -0.2) is 0 Å². The minimum absolute atomic E-state index is 0.969. The predicted octanol–water partition coefficient (Wildman–Crippen LogP) is 14.6. The first-order valence-corrected chi connectivity index (χ1v) is 27.0. The van der Waals surface area contributed by atoms with Crippen LogP contribution in [0.2, 0.25) is 10.6 Å². The van der Waals surface area contributed by atoms with E-state index in [1.54, 1.807) is 10.6 Å². The minimum Gasteiger partial charge on any atom is -0.0587 e. The van der Waals surface area contributed by atoms with Crippen LogP contribution in [-0.2, 0) is 12.8 Å². The van der Waals surface area contributed by atoms with Crippen molar-refractivity contribution in [3.8, 4) is 22.3 Å². The van der Waals surface area contributed by atoms with Crippen LogP contribution >= 0.6 is 0 Å². The van der Waals surface area contributed by atoms with E-state index in [9.17, 15) is 0 Å². The van der Waals surface area contributed by atoms with Crippen molar-refractivity contribution in [1.29, 1.82) is 0 Å². The Morgan fingerprint density at radius 3 is 0.820 bits per heavy atom. The van der Waals surface area contributed by atoms with E-state index in [0.717, 1.165) is 26.3 Å². The zero-order chi connectivity index (χ0) is 34.9. The van der Waals surface area contributed by atoms with Gasteiger partial charge < -0.3 is 0 Å². The van der Waals surface area contributed by atoms with Gasteiger partial charge >= 0.3 is 176 Å².